The molecule has 0 aliphatic heterocycles. The first-order chi connectivity index (χ1) is 14.1. The number of carbonyl (C=O) groups is 1. The summed E-state index contributed by atoms with van der Waals surface area (Å²) in [5.41, 5.74) is 4.98. The number of fused-ring (bicyclic) bond motifs is 1. The summed E-state index contributed by atoms with van der Waals surface area (Å²) in [6, 6.07) is 13.6. The fourth-order valence-corrected chi connectivity index (χ4v) is 3.80. The zero-order valence-electron chi connectivity index (χ0n) is 16.1. The van der Waals surface area contributed by atoms with Crippen LogP contribution in [0.2, 0.25) is 5.02 Å². The van der Waals surface area contributed by atoms with Crippen LogP contribution in [0.1, 0.15) is 29.2 Å². The van der Waals surface area contributed by atoms with E-state index in [1.165, 1.54) is 17.2 Å². The maximum absolute atomic E-state index is 11.2. The number of nitrogens with zero attached hydrogens (tertiary/aromatic N) is 1. The molecule has 1 aliphatic rings. The van der Waals surface area contributed by atoms with Crippen molar-refractivity contribution in [1.29, 1.82) is 0 Å². The molecule has 154 valence electrons. The molecule has 0 radical (unpaired) electrons. The van der Waals surface area contributed by atoms with Crippen LogP contribution in [0.15, 0.2) is 48.5 Å². The molecule has 3 N–H and O–H groups in total. The van der Waals surface area contributed by atoms with E-state index in [1.807, 2.05) is 18.2 Å². The van der Waals surface area contributed by atoms with Crippen LogP contribution in [-0.2, 0) is 11.2 Å². The van der Waals surface area contributed by atoms with Crippen molar-refractivity contribution < 1.29 is 19.8 Å². The standard InChI is InChI=1S/C22H25ClN2O4/c23-18-4-6-19(7-5-18)29-14-12-25(11-13-26)21-9-3-17-15-16(1-8-20(17)21)2-10-22(27)24-28/h1-2,4-8,10,15,21,26,28H,3,9,11-14H2,(H,24,27)/b10-2+. The number of hydrogen-bond acceptors (Lipinski definition) is 5. The summed E-state index contributed by atoms with van der Waals surface area (Å²) in [6.45, 7) is 1.88. The molecular formula is C22H25ClN2O4. The Hall–Kier alpha value is -2.38. The van der Waals surface area contributed by atoms with Crippen LogP contribution in [0.5, 0.6) is 5.75 Å². The largest absolute Gasteiger partial charge is 0.492 e. The molecule has 6 nitrogen and oxygen atoms in total. The van der Waals surface area contributed by atoms with Crippen LogP contribution in [0.3, 0.4) is 0 Å². The summed E-state index contributed by atoms with van der Waals surface area (Å²) in [6.07, 6.45) is 4.87. The van der Waals surface area contributed by atoms with Crippen molar-refractivity contribution in [2.45, 2.75) is 18.9 Å². The number of halogens is 1. The highest BCUT2D eigenvalue weighted by atomic mass is 35.5. The van der Waals surface area contributed by atoms with Gasteiger partial charge in [0.05, 0.1) is 6.61 Å². The zero-order valence-corrected chi connectivity index (χ0v) is 16.8. The Labute approximate surface area is 175 Å². The molecule has 29 heavy (non-hydrogen) atoms. The van der Waals surface area contributed by atoms with Gasteiger partial charge in [0.1, 0.15) is 12.4 Å². The van der Waals surface area contributed by atoms with Gasteiger partial charge in [-0.25, -0.2) is 5.48 Å². The number of aryl methyl sites for hydroxylation is 1. The number of aliphatic hydroxyl groups is 1. The second-order valence-electron chi connectivity index (χ2n) is 6.88. The second kappa shape index (κ2) is 10.4. The molecule has 1 atom stereocenters. The number of nitrogens with one attached hydrogen (secondary N) is 1. The molecule has 0 fully saturated rings. The highest BCUT2D eigenvalue weighted by Crippen LogP contribution is 2.36. The van der Waals surface area contributed by atoms with Crippen LogP contribution >= 0.6 is 11.6 Å². The summed E-state index contributed by atoms with van der Waals surface area (Å²) in [5.74, 6) is 0.215. The maximum atomic E-state index is 11.2. The van der Waals surface area contributed by atoms with Gasteiger partial charge in [-0.1, -0.05) is 29.8 Å². The van der Waals surface area contributed by atoms with Crippen LogP contribution in [0.4, 0.5) is 0 Å². The van der Waals surface area contributed by atoms with Gasteiger partial charge in [0, 0.05) is 30.2 Å². The first-order valence-corrected chi connectivity index (χ1v) is 9.96. The van der Waals surface area contributed by atoms with Gasteiger partial charge in [-0.3, -0.25) is 14.9 Å². The lowest BCUT2D eigenvalue weighted by atomic mass is 10.0. The summed E-state index contributed by atoms with van der Waals surface area (Å²) >= 11 is 5.90. The minimum absolute atomic E-state index is 0.0872. The topological polar surface area (TPSA) is 82.0 Å². The lowest BCUT2D eigenvalue weighted by Crippen LogP contribution is -2.34. The van der Waals surface area contributed by atoms with Crippen molar-refractivity contribution >= 4 is 23.6 Å². The highest BCUT2D eigenvalue weighted by molar-refractivity contribution is 6.30. The van der Waals surface area contributed by atoms with Gasteiger partial charge in [-0.05, 0) is 59.9 Å². The first-order valence-electron chi connectivity index (χ1n) is 9.59. The zero-order chi connectivity index (χ0) is 20.6. The van der Waals surface area contributed by atoms with Crippen LogP contribution in [0, 0.1) is 0 Å². The van der Waals surface area contributed by atoms with E-state index in [9.17, 15) is 9.90 Å². The molecule has 0 bridgehead atoms. The van der Waals surface area contributed by atoms with E-state index in [2.05, 4.69) is 17.0 Å². The SMILES string of the molecule is O=C(/C=C/c1ccc2c(c1)CCC2N(CCO)CCOc1ccc(Cl)cc1)NO. The molecular weight excluding hydrogens is 392 g/mol. The summed E-state index contributed by atoms with van der Waals surface area (Å²) in [5, 5.41) is 18.8. The van der Waals surface area contributed by atoms with Crippen LogP contribution < -0.4 is 10.2 Å². The Bertz CT molecular complexity index is 854. The molecule has 0 aromatic heterocycles. The van der Waals surface area contributed by atoms with Gasteiger partial charge in [-0.2, -0.15) is 0 Å². The minimum atomic E-state index is -0.557. The lowest BCUT2D eigenvalue weighted by molar-refractivity contribution is -0.124. The average molecular weight is 417 g/mol. The monoisotopic (exact) mass is 416 g/mol. The second-order valence-corrected chi connectivity index (χ2v) is 7.32. The predicted molar refractivity (Wildman–Crippen MR) is 112 cm³/mol. The number of amides is 1. The quantitative estimate of drug-likeness (QED) is 0.332. The third-order valence-electron chi connectivity index (χ3n) is 5.04. The molecule has 2 aromatic rings. The number of hydrogen-bond donors (Lipinski definition) is 3. The molecule has 0 saturated heterocycles. The van der Waals surface area contributed by atoms with Crippen LogP contribution in [0.25, 0.3) is 6.08 Å². The normalized spacial score (nSPS) is 15.7. The first kappa shape index (κ1) is 21.3. The fraction of sp³-hybridized carbons (Fsp3) is 0.318. The maximum Gasteiger partial charge on any atom is 0.267 e. The van der Waals surface area contributed by atoms with Gasteiger partial charge in [0.25, 0.3) is 5.91 Å². The number of rotatable bonds is 9. The van der Waals surface area contributed by atoms with E-state index in [1.54, 1.807) is 23.7 Å². The Balaban J connectivity index is 1.64. The molecule has 7 heteroatoms. The van der Waals surface area contributed by atoms with Gasteiger partial charge in [0.15, 0.2) is 0 Å². The Morgan fingerprint density at radius 3 is 2.76 bits per heavy atom. The Morgan fingerprint density at radius 1 is 1.24 bits per heavy atom. The van der Waals surface area contributed by atoms with E-state index in [0.717, 1.165) is 24.2 Å². The Kier molecular flexibility index (Phi) is 7.66. The van der Waals surface area contributed by atoms with Gasteiger partial charge in [-0.15, -0.1) is 0 Å². The molecule has 1 amide bonds. The fourth-order valence-electron chi connectivity index (χ4n) is 3.67. The number of aliphatic hydroxyl groups excluding tert-OH is 1. The molecule has 0 heterocycles. The summed E-state index contributed by atoms with van der Waals surface area (Å²) in [7, 11) is 0. The number of benzene rings is 2. The van der Waals surface area contributed by atoms with E-state index in [4.69, 9.17) is 21.5 Å². The smallest absolute Gasteiger partial charge is 0.267 e. The summed E-state index contributed by atoms with van der Waals surface area (Å²) < 4.78 is 5.82. The molecule has 0 saturated carbocycles. The van der Waals surface area contributed by atoms with E-state index >= 15 is 0 Å². The van der Waals surface area contributed by atoms with Crippen molar-refractivity contribution in [2.24, 2.45) is 0 Å². The predicted octanol–water partition coefficient (Wildman–Crippen LogP) is 3.22. The van der Waals surface area contributed by atoms with E-state index < -0.39 is 5.91 Å². The molecule has 3 rings (SSSR count). The van der Waals surface area contributed by atoms with Gasteiger partial charge in [0.2, 0.25) is 0 Å². The molecule has 1 unspecified atom stereocenters. The third-order valence-corrected chi connectivity index (χ3v) is 5.29. The van der Waals surface area contributed by atoms with Crippen molar-refractivity contribution in [3.63, 3.8) is 0 Å². The average Bonchev–Trinajstić information content (AvgIpc) is 3.16. The molecule has 1 aliphatic carbocycles. The lowest BCUT2D eigenvalue weighted by Gasteiger charge is -2.29. The Morgan fingerprint density at radius 2 is 2.03 bits per heavy atom. The number of hydroxylamine groups is 1. The molecule has 0 spiro atoms. The van der Waals surface area contributed by atoms with E-state index in [0.29, 0.717) is 24.7 Å². The summed E-state index contributed by atoms with van der Waals surface area (Å²) in [4.78, 5) is 13.4. The molecule has 2 aromatic carbocycles. The van der Waals surface area contributed by atoms with Crippen molar-refractivity contribution in [2.75, 3.05) is 26.3 Å². The minimum Gasteiger partial charge on any atom is -0.492 e. The number of carbonyl (C=O) groups excluding carboxylic acids is 1. The van der Waals surface area contributed by atoms with Gasteiger partial charge < -0.3 is 9.84 Å². The van der Waals surface area contributed by atoms with E-state index in [-0.39, 0.29) is 12.6 Å². The van der Waals surface area contributed by atoms with Crippen molar-refractivity contribution in [1.82, 2.24) is 10.4 Å². The third kappa shape index (κ3) is 5.81. The van der Waals surface area contributed by atoms with Crippen molar-refractivity contribution in [3.05, 3.63) is 70.3 Å². The highest BCUT2D eigenvalue weighted by Gasteiger charge is 2.27. The number of ether oxygens (including phenoxy) is 1. The van der Waals surface area contributed by atoms with Gasteiger partial charge >= 0.3 is 0 Å². The van der Waals surface area contributed by atoms with Crippen molar-refractivity contribution in [3.8, 4) is 5.75 Å². The van der Waals surface area contributed by atoms with Crippen LogP contribution in [-0.4, -0.2) is 47.4 Å².